The van der Waals surface area contributed by atoms with Crippen molar-refractivity contribution in [3.05, 3.63) is 5.82 Å². The van der Waals surface area contributed by atoms with Gasteiger partial charge in [-0.1, -0.05) is 0 Å². The van der Waals surface area contributed by atoms with Crippen LogP contribution in [0.4, 0.5) is 5.13 Å². The van der Waals surface area contributed by atoms with Gasteiger partial charge >= 0.3 is 0 Å². The number of rotatable bonds is 4. The van der Waals surface area contributed by atoms with Crippen LogP contribution in [0.1, 0.15) is 37.4 Å². The minimum Gasteiger partial charge on any atom is -0.345 e. The Bertz CT molecular complexity index is 553. The summed E-state index contributed by atoms with van der Waals surface area (Å²) in [6, 6.07) is -0.0166. The summed E-state index contributed by atoms with van der Waals surface area (Å²) in [5.74, 6) is 1.54. The molecule has 0 radical (unpaired) electrons. The molecule has 19 heavy (non-hydrogen) atoms. The predicted molar refractivity (Wildman–Crippen MR) is 75.1 cm³/mol. The Morgan fingerprint density at radius 2 is 2.16 bits per heavy atom. The van der Waals surface area contributed by atoms with Crippen LogP contribution >= 0.6 is 11.5 Å². The summed E-state index contributed by atoms with van der Waals surface area (Å²) >= 11 is 1.43. The summed E-state index contributed by atoms with van der Waals surface area (Å²) in [4.78, 5) is 6.73. The van der Waals surface area contributed by atoms with E-state index in [2.05, 4.69) is 19.0 Å². The SMILES string of the molecule is CS(=O)(=O)NC1CCCN(c2nc(C3CC3)ns2)C1. The topological polar surface area (TPSA) is 75.2 Å². The number of hydrogen-bond donors (Lipinski definition) is 1. The molecule has 6 nitrogen and oxygen atoms in total. The van der Waals surface area contributed by atoms with Gasteiger partial charge in [0.15, 0.2) is 0 Å². The Morgan fingerprint density at radius 3 is 2.84 bits per heavy atom. The molecule has 1 aliphatic heterocycles. The monoisotopic (exact) mass is 302 g/mol. The van der Waals surface area contributed by atoms with Gasteiger partial charge < -0.3 is 4.90 Å². The van der Waals surface area contributed by atoms with E-state index in [1.165, 1.54) is 30.6 Å². The Labute approximate surface area is 117 Å². The molecule has 1 unspecified atom stereocenters. The van der Waals surface area contributed by atoms with Gasteiger partial charge in [-0.3, -0.25) is 0 Å². The normalized spacial score (nSPS) is 24.7. The molecule has 2 fully saturated rings. The van der Waals surface area contributed by atoms with Gasteiger partial charge in [0.1, 0.15) is 5.82 Å². The molecule has 0 aromatic carbocycles. The largest absolute Gasteiger partial charge is 0.345 e. The number of aromatic nitrogens is 2. The van der Waals surface area contributed by atoms with Crippen LogP contribution in [-0.2, 0) is 10.0 Å². The van der Waals surface area contributed by atoms with Gasteiger partial charge in [-0.15, -0.1) is 0 Å². The molecule has 106 valence electrons. The first-order valence-electron chi connectivity index (χ1n) is 6.57. The van der Waals surface area contributed by atoms with Gasteiger partial charge in [-0.05, 0) is 25.7 Å². The quantitative estimate of drug-likeness (QED) is 0.895. The molecular formula is C11H18N4O2S2. The Balaban J connectivity index is 1.66. The van der Waals surface area contributed by atoms with Crippen LogP contribution in [0, 0.1) is 0 Å². The van der Waals surface area contributed by atoms with Crippen LogP contribution in [0.25, 0.3) is 0 Å². The lowest BCUT2D eigenvalue weighted by atomic mass is 10.1. The van der Waals surface area contributed by atoms with Gasteiger partial charge in [0.2, 0.25) is 15.2 Å². The van der Waals surface area contributed by atoms with E-state index in [4.69, 9.17) is 0 Å². The minimum atomic E-state index is -3.14. The Hall–Kier alpha value is -0.730. The van der Waals surface area contributed by atoms with Crippen LogP contribution in [0.5, 0.6) is 0 Å². The molecule has 1 aromatic rings. The van der Waals surface area contributed by atoms with E-state index in [-0.39, 0.29) is 6.04 Å². The van der Waals surface area contributed by atoms with Crippen molar-refractivity contribution >= 4 is 26.7 Å². The van der Waals surface area contributed by atoms with Crippen molar-refractivity contribution in [3.63, 3.8) is 0 Å². The molecule has 0 amide bonds. The third-order valence-electron chi connectivity index (χ3n) is 3.45. The number of sulfonamides is 1. The highest BCUT2D eigenvalue weighted by atomic mass is 32.2. The van der Waals surface area contributed by atoms with Crippen molar-refractivity contribution in [2.24, 2.45) is 0 Å². The van der Waals surface area contributed by atoms with E-state index >= 15 is 0 Å². The molecule has 0 spiro atoms. The Kier molecular flexibility index (Phi) is 3.48. The third kappa shape index (κ3) is 3.43. The Morgan fingerprint density at radius 1 is 1.37 bits per heavy atom. The van der Waals surface area contributed by atoms with Crippen LogP contribution in [0.3, 0.4) is 0 Å². The molecule has 8 heteroatoms. The van der Waals surface area contributed by atoms with Gasteiger partial charge in [0.05, 0.1) is 6.26 Å². The summed E-state index contributed by atoms with van der Waals surface area (Å²) in [6.07, 6.45) is 5.48. The minimum absolute atomic E-state index is 0.0166. The lowest BCUT2D eigenvalue weighted by Crippen LogP contribution is -2.47. The van der Waals surface area contributed by atoms with Crippen LogP contribution in [-0.4, -0.2) is 43.2 Å². The number of piperidine rings is 1. The van der Waals surface area contributed by atoms with Gasteiger partial charge in [0.25, 0.3) is 0 Å². The molecular weight excluding hydrogens is 284 g/mol. The van der Waals surface area contributed by atoms with Crippen LogP contribution in [0.2, 0.25) is 0 Å². The molecule has 1 saturated heterocycles. The molecule has 1 aromatic heterocycles. The molecule has 1 saturated carbocycles. The van der Waals surface area contributed by atoms with Crippen molar-refractivity contribution in [1.82, 2.24) is 14.1 Å². The molecule has 1 atom stereocenters. The average molecular weight is 302 g/mol. The molecule has 2 heterocycles. The fraction of sp³-hybridized carbons (Fsp3) is 0.818. The van der Waals surface area contributed by atoms with E-state index in [1.807, 2.05) is 0 Å². The lowest BCUT2D eigenvalue weighted by Gasteiger charge is -2.32. The fourth-order valence-corrected chi connectivity index (χ4v) is 3.99. The van der Waals surface area contributed by atoms with Crippen molar-refractivity contribution in [3.8, 4) is 0 Å². The summed E-state index contributed by atoms with van der Waals surface area (Å²) in [7, 11) is -3.14. The highest BCUT2D eigenvalue weighted by Gasteiger charge is 2.30. The van der Waals surface area contributed by atoms with Gasteiger partial charge in [-0.25, -0.2) is 18.1 Å². The zero-order valence-corrected chi connectivity index (χ0v) is 12.5. The van der Waals surface area contributed by atoms with Crippen molar-refractivity contribution in [1.29, 1.82) is 0 Å². The van der Waals surface area contributed by atoms with Crippen molar-refractivity contribution in [2.45, 2.75) is 37.6 Å². The zero-order chi connectivity index (χ0) is 13.5. The molecule has 1 N–H and O–H groups in total. The lowest BCUT2D eigenvalue weighted by molar-refractivity contribution is 0.467. The first-order valence-corrected chi connectivity index (χ1v) is 9.23. The van der Waals surface area contributed by atoms with Crippen LogP contribution < -0.4 is 9.62 Å². The maximum Gasteiger partial charge on any atom is 0.209 e. The number of hydrogen-bond acceptors (Lipinski definition) is 6. The van der Waals surface area contributed by atoms with Crippen LogP contribution in [0.15, 0.2) is 0 Å². The van der Waals surface area contributed by atoms with E-state index in [9.17, 15) is 8.42 Å². The van der Waals surface area contributed by atoms with E-state index in [1.54, 1.807) is 0 Å². The van der Waals surface area contributed by atoms with Crippen molar-refractivity contribution < 1.29 is 8.42 Å². The second-order valence-electron chi connectivity index (χ2n) is 5.38. The number of anilines is 1. The number of nitrogens with zero attached hydrogens (tertiary/aromatic N) is 3. The molecule has 1 aliphatic carbocycles. The summed E-state index contributed by atoms with van der Waals surface area (Å²) in [5, 5.41) is 0.932. The number of nitrogens with one attached hydrogen (secondary N) is 1. The highest BCUT2D eigenvalue weighted by molar-refractivity contribution is 7.88. The van der Waals surface area contributed by atoms with E-state index in [0.29, 0.717) is 12.5 Å². The maximum absolute atomic E-state index is 11.3. The zero-order valence-electron chi connectivity index (χ0n) is 10.9. The summed E-state index contributed by atoms with van der Waals surface area (Å²) in [5.41, 5.74) is 0. The van der Waals surface area contributed by atoms with Crippen molar-refractivity contribution in [2.75, 3.05) is 24.2 Å². The summed E-state index contributed by atoms with van der Waals surface area (Å²) in [6.45, 7) is 1.62. The predicted octanol–water partition coefficient (Wildman–Crippen LogP) is 0.933. The average Bonchev–Trinajstić information content (AvgIpc) is 3.05. The van der Waals surface area contributed by atoms with E-state index < -0.39 is 10.0 Å². The second-order valence-corrected chi connectivity index (χ2v) is 7.89. The van der Waals surface area contributed by atoms with Gasteiger partial charge in [-0.2, -0.15) is 4.37 Å². The molecule has 2 aliphatic rings. The standard InChI is InChI=1S/C11H18N4O2S2/c1-19(16,17)14-9-3-2-6-15(7-9)11-12-10(13-18-11)8-4-5-8/h8-9,14H,2-7H2,1H3. The molecule has 0 bridgehead atoms. The first kappa shape index (κ1) is 13.3. The first-order chi connectivity index (χ1) is 9.01. The summed E-state index contributed by atoms with van der Waals surface area (Å²) < 4.78 is 29.7. The van der Waals surface area contributed by atoms with E-state index in [0.717, 1.165) is 30.3 Å². The van der Waals surface area contributed by atoms with Gasteiger partial charge in [0, 0.05) is 36.6 Å². The molecule has 3 rings (SSSR count). The second kappa shape index (κ2) is 4.99. The fourth-order valence-electron chi connectivity index (χ4n) is 2.41. The highest BCUT2D eigenvalue weighted by Crippen LogP contribution is 2.39. The maximum atomic E-state index is 11.3. The smallest absolute Gasteiger partial charge is 0.209 e. The third-order valence-corrected chi connectivity index (χ3v) is 5.00.